The molecule has 1 aliphatic carbocycles. The van der Waals surface area contributed by atoms with Crippen molar-refractivity contribution >= 4 is 34.1 Å². The van der Waals surface area contributed by atoms with E-state index < -0.39 is 11.9 Å². The molecule has 1 saturated carbocycles. The van der Waals surface area contributed by atoms with Crippen LogP contribution in [-0.4, -0.2) is 23.0 Å². The van der Waals surface area contributed by atoms with E-state index in [9.17, 15) is 18.0 Å². The summed E-state index contributed by atoms with van der Waals surface area (Å²) in [6.45, 7) is 0. The smallest absolute Gasteiger partial charge is 0.382 e. The van der Waals surface area contributed by atoms with Crippen molar-refractivity contribution in [2.75, 3.05) is 5.32 Å². The third kappa shape index (κ3) is 5.10. The number of nitrogens with zero attached hydrogens (tertiary/aromatic N) is 1. The first kappa shape index (κ1) is 21.4. The summed E-state index contributed by atoms with van der Waals surface area (Å²) in [4.78, 5) is 16.1. The Bertz CT molecular complexity index is 1080. The number of hydrogen-bond donors (Lipinski definition) is 2. The molecule has 0 saturated heterocycles. The Kier molecular flexibility index (Phi) is 6.05. The fraction of sp³-hybridized carbons (Fsp3) is 0.304. The summed E-state index contributed by atoms with van der Waals surface area (Å²) in [7, 11) is 0. The third-order valence-corrected chi connectivity index (χ3v) is 5.75. The topological polar surface area (TPSA) is 54.0 Å². The van der Waals surface area contributed by atoms with Crippen molar-refractivity contribution in [3.05, 3.63) is 70.9 Å². The Morgan fingerprint density at radius 3 is 2.32 bits per heavy atom. The molecule has 1 heterocycles. The molecular formula is C23H21ClF3N3O. The van der Waals surface area contributed by atoms with Gasteiger partial charge in [0.15, 0.2) is 0 Å². The molecule has 1 fully saturated rings. The van der Waals surface area contributed by atoms with Gasteiger partial charge in [-0.25, -0.2) is 4.98 Å². The molecule has 0 spiro atoms. The molecule has 8 heteroatoms. The Morgan fingerprint density at radius 1 is 0.968 bits per heavy atom. The van der Waals surface area contributed by atoms with Crippen LogP contribution in [0.5, 0.6) is 0 Å². The number of carbonyl (C=O) groups is 1. The lowest BCUT2D eigenvalue weighted by molar-refractivity contribution is -0.140. The first-order chi connectivity index (χ1) is 14.8. The second-order valence-electron chi connectivity index (χ2n) is 7.75. The van der Waals surface area contributed by atoms with Gasteiger partial charge in [-0.3, -0.25) is 4.79 Å². The molecule has 31 heavy (non-hydrogen) atoms. The second kappa shape index (κ2) is 8.75. The van der Waals surface area contributed by atoms with Gasteiger partial charge < -0.3 is 10.6 Å². The number of nitrogens with one attached hydrogen (secondary N) is 2. The summed E-state index contributed by atoms with van der Waals surface area (Å²) in [5.41, 5.74) is 0.290. The minimum absolute atomic E-state index is 0.00413. The summed E-state index contributed by atoms with van der Waals surface area (Å²) in [6.07, 6.45) is -1.60. The van der Waals surface area contributed by atoms with Crippen LogP contribution in [0.25, 0.3) is 10.9 Å². The van der Waals surface area contributed by atoms with E-state index in [0.717, 1.165) is 31.7 Å². The molecule has 0 aliphatic heterocycles. The van der Waals surface area contributed by atoms with Crippen molar-refractivity contribution in [1.82, 2.24) is 10.3 Å². The van der Waals surface area contributed by atoms with Gasteiger partial charge in [0, 0.05) is 33.7 Å². The molecule has 1 amide bonds. The van der Waals surface area contributed by atoms with Gasteiger partial charge in [-0.15, -0.1) is 0 Å². The molecule has 0 atom stereocenters. The summed E-state index contributed by atoms with van der Waals surface area (Å²) in [5.74, 6) is -0.110. The molecular weight excluding hydrogens is 427 g/mol. The molecule has 0 unspecified atom stereocenters. The van der Waals surface area contributed by atoms with Crippen LogP contribution in [0.2, 0.25) is 5.02 Å². The summed E-state index contributed by atoms with van der Waals surface area (Å²) < 4.78 is 39.9. The van der Waals surface area contributed by atoms with Crippen LogP contribution >= 0.6 is 11.6 Å². The van der Waals surface area contributed by atoms with Gasteiger partial charge in [0.1, 0.15) is 5.69 Å². The van der Waals surface area contributed by atoms with Crippen molar-refractivity contribution in [1.29, 1.82) is 0 Å². The van der Waals surface area contributed by atoms with Crippen LogP contribution in [0.15, 0.2) is 54.6 Å². The molecule has 1 aliphatic rings. The zero-order chi connectivity index (χ0) is 22.0. The number of benzene rings is 2. The van der Waals surface area contributed by atoms with Gasteiger partial charge in [0.2, 0.25) is 0 Å². The highest BCUT2D eigenvalue weighted by Crippen LogP contribution is 2.35. The van der Waals surface area contributed by atoms with E-state index in [1.807, 2.05) is 18.2 Å². The van der Waals surface area contributed by atoms with Gasteiger partial charge in [-0.05, 0) is 62.1 Å². The lowest BCUT2D eigenvalue weighted by Crippen LogP contribution is -2.40. The fourth-order valence-corrected chi connectivity index (χ4v) is 4.09. The fourth-order valence-electron chi connectivity index (χ4n) is 3.92. The van der Waals surface area contributed by atoms with Gasteiger partial charge in [0.25, 0.3) is 5.91 Å². The molecule has 2 aromatic carbocycles. The van der Waals surface area contributed by atoms with E-state index >= 15 is 0 Å². The monoisotopic (exact) mass is 447 g/mol. The normalized spacial score (nSPS) is 19.2. The largest absolute Gasteiger partial charge is 0.433 e. The van der Waals surface area contributed by atoms with Gasteiger partial charge in [-0.2, -0.15) is 13.2 Å². The van der Waals surface area contributed by atoms with Crippen LogP contribution in [0.1, 0.15) is 41.7 Å². The van der Waals surface area contributed by atoms with Crippen molar-refractivity contribution in [2.45, 2.75) is 43.9 Å². The van der Waals surface area contributed by atoms with E-state index in [1.54, 1.807) is 18.2 Å². The minimum atomic E-state index is -4.54. The van der Waals surface area contributed by atoms with Crippen molar-refractivity contribution in [3.8, 4) is 0 Å². The number of amides is 1. The van der Waals surface area contributed by atoms with Gasteiger partial charge in [0.05, 0.1) is 5.52 Å². The number of alkyl halides is 3. The van der Waals surface area contributed by atoms with E-state index in [1.165, 1.54) is 12.1 Å². The van der Waals surface area contributed by atoms with E-state index in [2.05, 4.69) is 15.6 Å². The maximum Gasteiger partial charge on any atom is 0.433 e. The highest BCUT2D eigenvalue weighted by Gasteiger charge is 2.34. The number of fused-ring (bicyclic) bond motifs is 1. The standard InChI is InChI=1S/C23H21ClF3N3O/c24-15-6-11-19-18(12-15)20(13-21(30-19)23(25,26)27)28-16-7-9-17(10-8-16)29-22(31)14-4-2-1-3-5-14/h1-6,11-13,16-17H,7-10H2,(H,28,30)(H,29,31). The predicted molar refractivity (Wildman–Crippen MR) is 115 cm³/mol. The second-order valence-corrected chi connectivity index (χ2v) is 8.18. The Labute approximate surface area is 182 Å². The highest BCUT2D eigenvalue weighted by atomic mass is 35.5. The summed E-state index contributed by atoms with van der Waals surface area (Å²) in [6, 6.07) is 14.7. The molecule has 1 aromatic heterocycles. The molecule has 2 N–H and O–H groups in total. The Hall–Kier alpha value is -2.80. The van der Waals surface area contributed by atoms with Crippen molar-refractivity contribution in [2.24, 2.45) is 0 Å². The first-order valence-corrected chi connectivity index (χ1v) is 10.5. The first-order valence-electron chi connectivity index (χ1n) is 10.1. The van der Waals surface area contributed by atoms with Crippen LogP contribution in [0.4, 0.5) is 18.9 Å². The van der Waals surface area contributed by atoms with E-state index in [-0.39, 0.29) is 23.5 Å². The highest BCUT2D eigenvalue weighted by molar-refractivity contribution is 6.31. The summed E-state index contributed by atoms with van der Waals surface area (Å²) in [5, 5.41) is 7.29. The lowest BCUT2D eigenvalue weighted by atomic mass is 9.90. The number of hydrogen-bond acceptors (Lipinski definition) is 3. The number of aromatic nitrogens is 1. The third-order valence-electron chi connectivity index (χ3n) is 5.52. The van der Waals surface area contributed by atoms with Crippen LogP contribution in [0.3, 0.4) is 0 Å². The van der Waals surface area contributed by atoms with E-state index in [0.29, 0.717) is 21.7 Å². The zero-order valence-corrected chi connectivity index (χ0v) is 17.3. The number of pyridine rings is 1. The average Bonchev–Trinajstić information content (AvgIpc) is 2.75. The molecule has 4 nitrogen and oxygen atoms in total. The lowest BCUT2D eigenvalue weighted by Gasteiger charge is -2.30. The van der Waals surface area contributed by atoms with Crippen LogP contribution < -0.4 is 10.6 Å². The summed E-state index contributed by atoms with van der Waals surface area (Å²) >= 11 is 6.06. The maximum absolute atomic E-state index is 13.3. The van der Waals surface area contributed by atoms with Crippen molar-refractivity contribution in [3.63, 3.8) is 0 Å². The van der Waals surface area contributed by atoms with Crippen molar-refractivity contribution < 1.29 is 18.0 Å². The Morgan fingerprint density at radius 2 is 1.65 bits per heavy atom. The number of carbonyl (C=O) groups excluding carboxylic acids is 1. The van der Waals surface area contributed by atoms with Crippen LogP contribution in [0, 0.1) is 0 Å². The molecule has 3 aromatic rings. The number of rotatable bonds is 4. The van der Waals surface area contributed by atoms with Crippen LogP contribution in [-0.2, 0) is 6.18 Å². The minimum Gasteiger partial charge on any atom is -0.382 e. The van der Waals surface area contributed by atoms with Gasteiger partial charge in [-0.1, -0.05) is 29.8 Å². The number of halogens is 4. The maximum atomic E-state index is 13.3. The molecule has 162 valence electrons. The average molecular weight is 448 g/mol. The molecule has 4 rings (SSSR count). The zero-order valence-electron chi connectivity index (χ0n) is 16.5. The van der Waals surface area contributed by atoms with E-state index in [4.69, 9.17) is 11.6 Å². The molecule has 0 radical (unpaired) electrons. The van der Waals surface area contributed by atoms with Gasteiger partial charge >= 0.3 is 6.18 Å². The number of anilines is 1. The SMILES string of the molecule is O=C(NC1CCC(Nc2cc(C(F)(F)F)nc3ccc(Cl)cc23)CC1)c1ccccc1. The quantitative estimate of drug-likeness (QED) is 0.511. The predicted octanol–water partition coefficient (Wildman–Crippen LogP) is 6.06. The molecule has 0 bridgehead atoms. The Balaban J connectivity index is 1.45.